The highest BCUT2D eigenvalue weighted by Crippen LogP contribution is 2.52. The van der Waals surface area contributed by atoms with Crippen LogP contribution in [0.2, 0.25) is 0 Å². The van der Waals surface area contributed by atoms with Gasteiger partial charge in [-0.3, -0.25) is 9.36 Å². The van der Waals surface area contributed by atoms with Gasteiger partial charge in [0.25, 0.3) is 7.37 Å². The molecule has 0 aromatic heterocycles. The lowest BCUT2D eigenvalue weighted by atomic mass is 10.1. The van der Waals surface area contributed by atoms with Crippen LogP contribution in [0, 0.1) is 5.92 Å². The Kier molecular flexibility index (Phi) is 8.12. The van der Waals surface area contributed by atoms with Crippen LogP contribution in [0.3, 0.4) is 0 Å². The van der Waals surface area contributed by atoms with Crippen LogP contribution in [0.15, 0.2) is 0 Å². The quantitative estimate of drug-likeness (QED) is 0.566. The first-order valence-electron chi connectivity index (χ1n) is 7.17. The molecule has 0 fully saturated rings. The number of rotatable bonds is 7. The van der Waals surface area contributed by atoms with Crippen LogP contribution in [0.1, 0.15) is 48.0 Å². The fraction of sp³-hybridized carbons (Fsp3) is 0.857. The van der Waals surface area contributed by atoms with E-state index in [-0.39, 0.29) is 12.3 Å². The van der Waals surface area contributed by atoms with Gasteiger partial charge in [0.2, 0.25) is 0 Å². The normalized spacial score (nSPS) is 15.8. The molecular weight excluding hydrogens is 309 g/mol. The highest BCUT2D eigenvalue weighted by molar-refractivity contribution is 7.59. The summed E-state index contributed by atoms with van der Waals surface area (Å²) in [4.78, 5) is 22.9. The van der Waals surface area contributed by atoms with Crippen LogP contribution >= 0.6 is 7.37 Å². The fourth-order valence-electron chi connectivity index (χ4n) is 1.66. The van der Waals surface area contributed by atoms with Crippen molar-refractivity contribution in [3.8, 4) is 0 Å². The SMILES string of the molecule is CO[P@](=O)(COC(C)=O)[C@H](CC(C)C)NC(=O)OC(C)(C)C. The molecule has 2 atom stereocenters. The van der Waals surface area contributed by atoms with E-state index in [0.717, 1.165) is 0 Å². The highest BCUT2D eigenvalue weighted by Gasteiger charge is 2.37. The van der Waals surface area contributed by atoms with Crippen LogP contribution < -0.4 is 5.32 Å². The number of alkyl carbamates (subject to hydrolysis) is 1. The van der Waals surface area contributed by atoms with Crippen molar-refractivity contribution in [1.29, 1.82) is 0 Å². The Balaban J connectivity index is 5.11. The second-order valence-electron chi connectivity index (χ2n) is 6.47. The summed E-state index contributed by atoms with van der Waals surface area (Å²) < 4.78 is 27.9. The van der Waals surface area contributed by atoms with Crippen molar-refractivity contribution in [3.63, 3.8) is 0 Å². The van der Waals surface area contributed by atoms with Crippen molar-refractivity contribution in [2.24, 2.45) is 5.92 Å². The summed E-state index contributed by atoms with van der Waals surface area (Å²) >= 11 is 0. The summed E-state index contributed by atoms with van der Waals surface area (Å²) in [5.41, 5.74) is -0.667. The van der Waals surface area contributed by atoms with E-state index >= 15 is 0 Å². The molecule has 0 heterocycles. The van der Waals surface area contributed by atoms with Gasteiger partial charge in [-0.05, 0) is 33.1 Å². The van der Waals surface area contributed by atoms with E-state index in [1.807, 2.05) is 13.8 Å². The molecule has 1 amide bonds. The Morgan fingerprint density at radius 1 is 1.23 bits per heavy atom. The monoisotopic (exact) mass is 337 g/mol. The maximum Gasteiger partial charge on any atom is 0.408 e. The standard InChI is InChI=1S/C14H28NO6P/c1-10(2)8-12(15-13(17)21-14(4,5)6)22(18,19-7)9-20-11(3)16/h10,12H,8-9H2,1-7H3,(H,15,17)/t12-,22-/m1/s1. The number of amides is 1. The number of ether oxygens (including phenoxy) is 2. The first-order chi connectivity index (χ1) is 9.89. The third-order valence-corrected chi connectivity index (χ3v) is 5.01. The Morgan fingerprint density at radius 2 is 1.77 bits per heavy atom. The lowest BCUT2D eigenvalue weighted by molar-refractivity contribution is -0.139. The molecule has 0 rings (SSSR count). The molecule has 1 N–H and O–H groups in total. The molecule has 0 radical (unpaired) electrons. The van der Waals surface area contributed by atoms with Gasteiger partial charge in [-0.2, -0.15) is 0 Å². The molecule has 0 unspecified atom stereocenters. The van der Waals surface area contributed by atoms with E-state index in [1.165, 1.54) is 14.0 Å². The summed E-state index contributed by atoms with van der Waals surface area (Å²) in [6, 6.07) is 0. The molecule has 0 spiro atoms. The summed E-state index contributed by atoms with van der Waals surface area (Å²) in [6.07, 6.45) is -0.657. The molecule has 0 aliphatic heterocycles. The van der Waals surface area contributed by atoms with Crippen molar-refractivity contribution < 1.29 is 28.2 Å². The zero-order valence-corrected chi connectivity index (χ0v) is 15.4. The van der Waals surface area contributed by atoms with E-state index < -0.39 is 30.8 Å². The van der Waals surface area contributed by atoms with Crippen molar-refractivity contribution >= 4 is 19.4 Å². The van der Waals surface area contributed by atoms with Gasteiger partial charge in [0.15, 0.2) is 6.35 Å². The number of hydrogen-bond acceptors (Lipinski definition) is 6. The minimum atomic E-state index is -3.39. The van der Waals surface area contributed by atoms with E-state index in [9.17, 15) is 14.2 Å². The smallest absolute Gasteiger partial charge is 0.408 e. The molecule has 0 saturated carbocycles. The Morgan fingerprint density at radius 3 is 2.14 bits per heavy atom. The molecule has 22 heavy (non-hydrogen) atoms. The largest absolute Gasteiger partial charge is 0.455 e. The zero-order valence-electron chi connectivity index (χ0n) is 14.5. The first-order valence-corrected chi connectivity index (χ1v) is 9.05. The molecule has 0 aliphatic carbocycles. The number of hydrogen-bond donors (Lipinski definition) is 1. The maximum absolute atomic E-state index is 12.9. The summed E-state index contributed by atoms with van der Waals surface area (Å²) in [7, 11) is -2.12. The Labute approximate surface area is 132 Å². The van der Waals surface area contributed by atoms with Gasteiger partial charge in [0.05, 0.1) is 0 Å². The van der Waals surface area contributed by atoms with E-state index in [1.54, 1.807) is 20.8 Å². The van der Waals surface area contributed by atoms with Crippen molar-refractivity contribution in [2.75, 3.05) is 13.5 Å². The first kappa shape index (κ1) is 20.9. The van der Waals surface area contributed by atoms with Crippen LogP contribution in [-0.4, -0.2) is 36.9 Å². The molecule has 0 aromatic carbocycles. The number of carbonyl (C=O) groups is 2. The van der Waals surface area contributed by atoms with Gasteiger partial charge in [0.1, 0.15) is 11.4 Å². The van der Waals surface area contributed by atoms with Crippen LogP contribution in [-0.2, 0) is 23.4 Å². The lowest BCUT2D eigenvalue weighted by Crippen LogP contribution is -2.40. The second-order valence-corrected chi connectivity index (χ2v) is 9.16. The van der Waals surface area contributed by atoms with Gasteiger partial charge in [-0.1, -0.05) is 13.8 Å². The number of carbonyl (C=O) groups excluding carboxylic acids is 2. The molecule has 0 saturated heterocycles. The number of esters is 1. The van der Waals surface area contributed by atoms with Crippen LogP contribution in [0.5, 0.6) is 0 Å². The Bertz CT molecular complexity index is 430. The van der Waals surface area contributed by atoms with E-state index in [2.05, 4.69) is 5.32 Å². The summed E-state index contributed by atoms with van der Waals surface area (Å²) in [5.74, 6) is -1.19. The summed E-state index contributed by atoms with van der Waals surface area (Å²) in [5, 5.41) is 2.58. The molecule has 0 aromatic rings. The zero-order chi connectivity index (χ0) is 17.6. The lowest BCUT2D eigenvalue weighted by Gasteiger charge is -2.29. The average molecular weight is 337 g/mol. The van der Waals surface area contributed by atoms with Crippen LogP contribution in [0.25, 0.3) is 0 Å². The minimum absolute atomic E-state index is 0.153. The van der Waals surface area contributed by atoms with Crippen molar-refractivity contribution in [1.82, 2.24) is 5.32 Å². The van der Waals surface area contributed by atoms with Crippen LogP contribution in [0.4, 0.5) is 4.79 Å². The molecule has 7 nitrogen and oxygen atoms in total. The molecule has 0 aliphatic rings. The Hall–Kier alpha value is -1.07. The average Bonchev–Trinajstić information content (AvgIpc) is 2.32. The fourth-order valence-corrected chi connectivity index (χ4v) is 3.61. The van der Waals surface area contributed by atoms with Gasteiger partial charge in [-0.15, -0.1) is 0 Å². The molecule has 130 valence electrons. The second kappa shape index (κ2) is 8.53. The third-order valence-electron chi connectivity index (χ3n) is 2.61. The predicted octanol–water partition coefficient (Wildman–Crippen LogP) is 3.33. The highest BCUT2D eigenvalue weighted by atomic mass is 31.2. The third kappa shape index (κ3) is 8.39. The predicted molar refractivity (Wildman–Crippen MR) is 83.9 cm³/mol. The van der Waals surface area contributed by atoms with Crippen molar-refractivity contribution in [3.05, 3.63) is 0 Å². The molecule has 8 heteroatoms. The maximum atomic E-state index is 12.9. The van der Waals surface area contributed by atoms with E-state index in [4.69, 9.17) is 14.0 Å². The topological polar surface area (TPSA) is 90.9 Å². The molecule has 0 bridgehead atoms. The summed E-state index contributed by atoms with van der Waals surface area (Å²) in [6.45, 7) is 10.3. The van der Waals surface area contributed by atoms with Gasteiger partial charge in [0, 0.05) is 14.0 Å². The van der Waals surface area contributed by atoms with Crippen molar-refractivity contribution in [2.45, 2.75) is 59.3 Å². The van der Waals surface area contributed by atoms with Gasteiger partial charge < -0.3 is 19.3 Å². The minimum Gasteiger partial charge on any atom is -0.455 e. The molecular formula is C14H28NO6P. The van der Waals surface area contributed by atoms with E-state index in [0.29, 0.717) is 6.42 Å². The van der Waals surface area contributed by atoms with Gasteiger partial charge >= 0.3 is 12.1 Å². The van der Waals surface area contributed by atoms with Gasteiger partial charge in [-0.25, -0.2) is 4.79 Å². The number of nitrogens with one attached hydrogen (secondary N) is 1.